The molecule has 316 valence electrons. The van der Waals surface area contributed by atoms with Crippen LogP contribution in [0.3, 0.4) is 0 Å². The molecule has 22 heteroatoms. The molecule has 2 aliphatic heterocycles. The van der Waals surface area contributed by atoms with E-state index >= 15 is 26.3 Å². The number of nitrogens with zero attached hydrogens (tertiary/aromatic N) is 6. The van der Waals surface area contributed by atoms with E-state index < -0.39 is 75.8 Å². The number of anilines is 4. The van der Waals surface area contributed by atoms with Crippen LogP contribution in [0.5, 0.6) is 12.0 Å². The summed E-state index contributed by atoms with van der Waals surface area (Å²) in [6.07, 6.45) is -7.51. The van der Waals surface area contributed by atoms with Crippen LogP contribution in [0.1, 0.15) is 73.3 Å². The number of benzene rings is 4. The highest BCUT2D eigenvalue weighted by Gasteiger charge is 2.72. The van der Waals surface area contributed by atoms with Crippen LogP contribution in [0, 0.1) is 0 Å². The Morgan fingerprint density at radius 1 is 0.476 bits per heavy atom. The van der Waals surface area contributed by atoms with Gasteiger partial charge >= 0.3 is 36.3 Å². The number of ether oxygens (including phenoxy) is 2. The maximum Gasteiger partial charge on any atom is 0.411 e. The molecule has 4 N–H and O–H groups in total. The fourth-order valence-electron chi connectivity index (χ4n) is 6.95. The largest absolute Gasteiger partial charge is 0.411 e. The fourth-order valence-corrected chi connectivity index (χ4v) is 6.95. The number of alkyl halides is 6. The van der Waals surface area contributed by atoms with Crippen LogP contribution in [0.25, 0.3) is 0 Å². The first-order valence-electron chi connectivity index (χ1n) is 17.8. The molecule has 0 aliphatic carbocycles. The van der Waals surface area contributed by atoms with E-state index in [0.29, 0.717) is 34.1 Å². The van der Waals surface area contributed by atoms with Crippen molar-refractivity contribution in [1.29, 1.82) is 0 Å². The first-order valence-corrected chi connectivity index (χ1v) is 17.8. The number of hydrogen-bond acceptors (Lipinski definition) is 14. The molecule has 0 radical (unpaired) electrons. The van der Waals surface area contributed by atoms with Crippen molar-refractivity contribution in [2.45, 2.75) is 17.8 Å². The first kappa shape index (κ1) is 41.2. The third-order valence-corrected chi connectivity index (χ3v) is 9.88. The number of nitrogens with two attached hydrogens (primary N) is 2. The predicted molar refractivity (Wildman–Crippen MR) is 204 cm³/mol. The third-order valence-electron chi connectivity index (χ3n) is 9.88. The van der Waals surface area contributed by atoms with E-state index in [0.717, 1.165) is 85.5 Å². The number of imide groups is 2. The van der Waals surface area contributed by atoms with Gasteiger partial charge < -0.3 is 20.9 Å². The van der Waals surface area contributed by atoms with E-state index in [1.807, 2.05) is 0 Å². The van der Waals surface area contributed by atoms with Crippen LogP contribution in [0.15, 0.2) is 110 Å². The standard InChI is InChI=1S/C41H22F6N8O8/c42-40(43,44)39(41(45,46)47,21-3-7-25(8-4-21)54-31(56)27-11-1-19(13-29(27)33(54)58)35(60)62-37-50-15-23(48)16-51-37)22-5-9-26(10-6-22)55-32(57)28-12-2-20(14-30(28)34(55)59)36(61)63-38-52-17-24(49)18-53-38/h1-18H,48-49H2. The summed E-state index contributed by atoms with van der Waals surface area (Å²) in [5.41, 5.74) is 1.57. The lowest BCUT2D eigenvalue weighted by Gasteiger charge is -2.38. The average Bonchev–Trinajstić information content (AvgIpc) is 3.65. The number of hydrogen-bond donors (Lipinski definition) is 2. The monoisotopic (exact) mass is 868 g/mol. The topological polar surface area (TPSA) is 231 Å². The number of esters is 2. The Morgan fingerprint density at radius 2 is 0.794 bits per heavy atom. The number of fused-ring (bicyclic) bond motifs is 2. The number of nitrogen functional groups attached to an aromatic ring is 2. The Hall–Kier alpha value is -8.56. The van der Waals surface area contributed by atoms with Crippen LogP contribution in [-0.2, 0) is 5.41 Å². The number of amides is 4. The van der Waals surface area contributed by atoms with Crippen molar-refractivity contribution in [3.63, 3.8) is 0 Å². The highest BCUT2D eigenvalue weighted by atomic mass is 19.4. The van der Waals surface area contributed by atoms with Gasteiger partial charge in [-0.3, -0.25) is 19.2 Å². The van der Waals surface area contributed by atoms with Gasteiger partial charge in [-0.05, 0) is 71.8 Å². The Bertz CT molecular complexity index is 2710. The van der Waals surface area contributed by atoms with Gasteiger partial charge in [0, 0.05) is 0 Å². The second-order valence-electron chi connectivity index (χ2n) is 13.6. The molecule has 0 fully saturated rings. The zero-order valence-electron chi connectivity index (χ0n) is 31.3. The minimum atomic E-state index is -6.08. The third kappa shape index (κ3) is 6.87. The van der Waals surface area contributed by atoms with Gasteiger partial charge in [-0.15, -0.1) is 0 Å². The van der Waals surface area contributed by atoms with Crippen LogP contribution < -0.4 is 30.7 Å². The molecule has 2 aromatic heterocycles. The minimum Gasteiger partial charge on any atom is -0.396 e. The maximum absolute atomic E-state index is 15.1. The lowest BCUT2D eigenvalue weighted by molar-refractivity contribution is -0.288. The van der Waals surface area contributed by atoms with Crippen LogP contribution in [0.4, 0.5) is 49.1 Å². The lowest BCUT2D eigenvalue weighted by Crippen LogP contribution is -2.54. The lowest BCUT2D eigenvalue weighted by atomic mass is 9.73. The summed E-state index contributed by atoms with van der Waals surface area (Å²) in [6.45, 7) is 0. The Kier molecular flexibility index (Phi) is 9.72. The molecule has 4 heterocycles. The van der Waals surface area contributed by atoms with Gasteiger partial charge in [0.25, 0.3) is 23.6 Å². The van der Waals surface area contributed by atoms with E-state index in [4.69, 9.17) is 20.9 Å². The molecule has 0 atom stereocenters. The second kappa shape index (κ2) is 14.9. The molecule has 4 aromatic carbocycles. The summed E-state index contributed by atoms with van der Waals surface area (Å²) in [6, 6.07) is 10.5. The van der Waals surface area contributed by atoms with Gasteiger partial charge in [-0.2, -0.15) is 26.3 Å². The fraction of sp³-hybridized carbons (Fsp3) is 0.0732. The van der Waals surface area contributed by atoms with Crippen LogP contribution >= 0.6 is 0 Å². The zero-order valence-corrected chi connectivity index (χ0v) is 31.3. The SMILES string of the molecule is Nc1cnc(OC(=O)c2ccc3c(c2)C(=O)N(c2ccc(C(c4ccc(N5C(=O)c6ccc(C(=O)Oc7ncc(N)cn7)cc6C5=O)cc4)(C(F)(F)F)C(F)(F)F)cc2)C3=O)nc1. The molecule has 0 unspecified atom stereocenters. The van der Waals surface area contributed by atoms with Crippen molar-refractivity contribution >= 4 is 58.3 Å². The zero-order chi connectivity index (χ0) is 45.2. The summed E-state index contributed by atoms with van der Waals surface area (Å²) >= 11 is 0. The van der Waals surface area contributed by atoms with Crippen molar-refractivity contribution in [2.75, 3.05) is 21.3 Å². The van der Waals surface area contributed by atoms with Gasteiger partial charge in [0.15, 0.2) is 0 Å². The van der Waals surface area contributed by atoms with E-state index in [1.54, 1.807) is 0 Å². The second-order valence-corrected chi connectivity index (χ2v) is 13.6. The number of rotatable bonds is 8. The van der Waals surface area contributed by atoms with Gasteiger partial charge in [0.1, 0.15) is 0 Å². The van der Waals surface area contributed by atoms with Crippen molar-refractivity contribution in [1.82, 2.24) is 19.9 Å². The average molecular weight is 869 g/mol. The van der Waals surface area contributed by atoms with E-state index in [1.165, 1.54) is 0 Å². The van der Waals surface area contributed by atoms with Gasteiger partial charge in [-0.25, -0.2) is 39.3 Å². The smallest absolute Gasteiger partial charge is 0.396 e. The summed E-state index contributed by atoms with van der Waals surface area (Å²) in [4.78, 5) is 94.9. The summed E-state index contributed by atoms with van der Waals surface area (Å²) in [5, 5.41) is 0. The quantitative estimate of drug-likeness (QED) is 0.103. The number of carbonyl (C=O) groups excluding carboxylic acids is 6. The normalized spacial score (nSPS) is 13.9. The molecule has 0 saturated heterocycles. The van der Waals surface area contributed by atoms with Crippen molar-refractivity contribution in [2.24, 2.45) is 0 Å². The highest BCUT2D eigenvalue weighted by molar-refractivity contribution is 6.35. The molecule has 8 rings (SSSR count). The predicted octanol–water partition coefficient (Wildman–Crippen LogP) is 5.88. The number of halogens is 6. The molecular weight excluding hydrogens is 846 g/mol. The summed E-state index contributed by atoms with van der Waals surface area (Å²) in [5.74, 6) is -6.14. The molecule has 6 aromatic rings. The van der Waals surface area contributed by atoms with Crippen molar-refractivity contribution in [3.8, 4) is 12.0 Å². The number of aromatic nitrogens is 4. The Balaban J connectivity index is 1.06. The summed E-state index contributed by atoms with van der Waals surface area (Å²) in [7, 11) is 0. The summed E-state index contributed by atoms with van der Waals surface area (Å²) < 4.78 is 101. The van der Waals surface area contributed by atoms with Crippen molar-refractivity contribution < 1.29 is 64.6 Å². The molecule has 0 spiro atoms. The van der Waals surface area contributed by atoms with E-state index in [2.05, 4.69) is 19.9 Å². The van der Waals surface area contributed by atoms with Crippen molar-refractivity contribution in [3.05, 3.63) is 154 Å². The number of carbonyl (C=O) groups is 6. The molecule has 4 amide bonds. The highest BCUT2D eigenvalue weighted by Crippen LogP contribution is 2.56. The molecule has 0 saturated carbocycles. The maximum atomic E-state index is 15.1. The Labute approximate surface area is 347 Å². The Morgan fingerprint density at radius 3 is 1.11 bits per heavy atom. The minimum absolute atomic E-state index is 0.177. The molecular formula is C41H22F6N8O8. The van der Waals surface area contributed by atoms with E-state index in [9.17, 15) is 28.8 Å². The molecule has 63 heavy (non-hydrogen) atoms. The van der Waals surface area contributed by atoms with Crippen LogP contribution in [-0.4, -0.2) is 67.9 Å². The molecule has 0 bridgehead atoms. The van der Waals surface area contributed by atoms with Gasteiger partial charge in [0.05, 0.1) is 80.9 Å². The van der Waals surface area contributed by atoms with Gasteiger partial charge in [-0.1, -0.05) is 24.3 Å². The molecule has 2 aliphatic rings. The van der Waals surface area contributed by atoms with E-state index in [-0.39, 0.29) is 56.8 Å². The van der Waals surface area contributed by atoms with Crippen LogP contribution in [0.2, 0.25) is 0 Å². The molecule has 16 nitrogen and oxygen atoms in total. The first-order chi connectivity index (χ1) is 29.8. The van der Waals surface area contributed by atoms with Gasteiger partial charge in [0.2, 0.25) is 5.41 Å².